The smallest absolute Gasteiger partial charge is 0.346 e. The molecule has 0 heterocycles. The maximum atomic E-state index is 10.8. The maximum absolute atomic E-state index is 10.8. The zero-order chi connectivity index (χ0) is 15.7. The van der Waals surface area contributed by atoms with Crippen LogP contribution in [0.2, 0.25) is 0 Å². The van der Waals surface area contributed by atoms with Gasteiger partial charge in [0.1, 0.15) is 11.6 Å². The molecule has 0 saturated heterocycles. The van der Waals surface area contributed by atoms with Gasteiger partial charge in [-0.2, -0.15) is 5.26 Å². The second kappa shape index (κ2) is 8.64. The van der Waals surface area contributed by atoms with Gasteiger partial charge in [0.15, 0.2) is 11.5 Å². The molecule has 0 saturated carbocycles. The number of hydrogen-bond acceptors (Lipinski definition) is 4. The summed E-state index contributed by atoms with van der Waals surface area (Å²) in [5.41, 5.74) is 0.250. The van der Waals surface area contributed by atoms with E-state index in [0.29, 0.717) is 23.7 Å². The number of aliphatic carboxylic acids is 1. The van der Waals surface area contributed by atoms with Crippen molar-refractivity contribution in [3.63, 3.8) is 0 Å². The molecule has 0 aliphatic heterocycles. The van der Waals surface area contributed by atoms with Gasteiger partial charge in [-0.05, 0) is 30.2 Å². The van der Waals surface area contributed by atoms with Crippen LogP contribution >= 0.6 is 0 Å². The van der Waals surface area contributed by atoms with Crippen molar-refractivity contribution in [3.8, 4) is 17.6 Å². The van der Waals surface area contributed by atoms with Crippen LogP contribution in [0.5, 0.6) is 11.5 Å². The van der Waals surface area contributed by atoms with E-state index in [9.17, 15) is 4.79 Å². The number of carbonyl (C=O) groups is 1. The molecule has 0 aliphatic carbocycles. The normalized spacial score (nSPS) is 10.8. The largest absolute Gasteiger partial charge is 0.493 e. The van der Waals surface area contributed by atoms with Crippen LogP contribution < -0.4 is 9.47 Å². The van der Waals surface area contributed by atoms with Gasteiger partial charge in [0.2, 0.25) is 0 Å². The van der Waals surface area contributed by atoms with Crippen LogP contribution in [0.3, 0.4) is 0 Å². The quantitative estimate of drug-likeness (QED) is 0.451. The fourth-order valence-electron chi connectivity index (χ4n) is 1.74. The highest BCUT2D eigenvalue weighted by molar-refractivity contribution is 5.96. The molecule has 0 radical (unpaired) electrons. The molecule has 0 unspecified atom stereocenters. The van der Waals surface area contributed by atoms with Gasteiger partial charge in [-0.25, -0.2) is 4.79 Å². The van der Waals surface area contributed by atoms with E-state index >= 15 is 0 Å². The summed E-state index contributed by atoms with van der Waals surface area (Å²) in [6.07, 6.45) is 4.49. The fourth-order valence-corrected chi connectivity index (χ4v) is 1.74. The Bertz CT molecular complexity index is 558. The molecule has 21 heavy (non-hydrogen) atoms. The standard InChI is InChI=1S/C16H19NO4/c1-3-4-5-8-21-14-7-6-12(10-15(14)20-2)9-13(11-17)16(18)19/h6-7,9-10H,3-5,8H2,1-2H3,(H,18,19)/b13-9+. The van der Waals surface area contributed by atoms with Crippen LogP contribution in [0, 0.1) is 11.3 Å². The third-order valence-corrected chi connectivity index (χ3v) is 2.86. The summed E-state index contributed by atoms with van der Waals surface area (Å²) in [6, 6.07) is 6.70. The van der Waals surface area contributed by atoms with Crippen molar-refractivity contribution in [1.29, 1.82) is 5.26 Å². The summed E-state index contributed by atoms with van der Waals surface area (Å²) in [4.78, 5) is 10.8. The van der Waals surface area contributed by atoms with E-state index in [1.165, 1.54) is 13.2 Å². The summed E-state index contributed by atoms with van der Waals surface area (Å²) in [5.74, 6) is -0.126. The van der Waals surface area contributed by atoms with Gasteiger partial charge in [0, 0.05) is 0 Å². The first-order chi connectivity index (χ1) is 10.1. The van der Waals surface area contributed by atoms with E-state index in [4.69, 9.17) is 19.8 Å². The number of ether oxygens (including phenoxy) is 2. The van der Waals surface area contributed by atoms with Crippen molar-refractivity contribution < 1.29 is 19.4 Å². The number of hydrogen-bond donors (Lipinski definition) is 1. The van der Waals surface area contributed by atoms with Gasteiger partial charge in [-0.3, -0.25) is 0 Å². The number of nitriles is 1. The van der Waals surface area contributed by atoms with Crippen LogP contribution in [0.1, 0.15) is 31.7 Å². The number of carboxylic acid groups (broad SMARTS) is 1. The highest BCUT2D eigenvalue weighted by Crippen LogP contribution is 2.29. The second-order valence-corrected chi connectivity index (χ2v) is 4.44. The highest BCUT2D eigenvalue weighted by Gasteiger charge is 2.08. The van der Waals surface area contributed by atoms with Crippen LogP contribution in [-0.2, 0) is 4.79 Å². The average molecular weight is 289 g/mol. The predicted molar refractivity (Wildman–Crippen MR) is 79.2 cm³/mol. The zero-order valence-electron chi connectivity index (χ0n) is 12.3. The Hall–Kier alpha value is -2.48. The maximum Gasteiger partial charge on any atom is 0.346 e. The third-order valence-electron chi connectivity index (χ3n) is 2.86. The Morgan fingerprint density at radius 2 is 2.14 bits per heavy atom. The molecule has 0 bridgehead atoms. The SMILES string of the molecule is CCCCCOc1ccc(/C=C(\C#N)C(=O)O)cc1OC. The number of benzene rings is 1. The molecular weight excluding hydrogens is 270 g/mol. The van der Waals surface area contributed by atoms with E-state index in [-0.39, 0.29) is 5.57 Å². The Kier molecular flexibility index (Phi) is 6.82. The minimum Gasteiger partial charge on any atom is -0.493 e. The third kappa shape index (κ3) is 5.19. The summed E-state index contributed by atoms with van der Waals surface area (Å²) >= 11 is 0. The Morgan fingerprint density at radius 1 is 1.38 bits per heavy atom. The van der Waals surface area contributed by atoms with Gasteiger partial charge in [-0.15, -0.1) is 0 Å². The summed E-state index contributed by atoms with van der Waals surface area (Å²) in [6.45, 7) is 2.73. The van der Waals surface area contributed by atoms with Crippen LogP contribution in [-0.4, -0.2) is 24.8 Å². The molecule has 1 N–H and O–H groups in total. The number of carboxylic acids is 1. The molecule has 0 amide bonds. The van der Waals surface area contributed by atoms with E-state index in [0.717, 1.165) is 19.3 Å². The fraction of sp³-hybridized carbons (Fsp3) is 0.375. The summed E-state index contributed by atoms with van der Waals surface area (Å²) in [5, 5.41) is 17.6. The first-order valence-electron chi connectivity index (χ1n) is 6.78. The molecule has 5 heteroatoms. The molecule has 5 nitrogen and oxygen atoms in total. The molecule has 1 aromatic carbocycles. The van der Waals surface area contributed by atoms with E-state index < -0.39 is 5.97 Å². The van der Waals surface area contributed by atoms with Gasteiger partial charge < -0.3 is 14.6 Å². The lowest BCUT2D eigenvalue weighted by Crippen LogP contribution is -2.00. The van der Waals surface area contributed by atoms with Crippen LogP contribution in [0.15, 0.2) is 23.8 Å². The number of rotatable bonds is 8. The van der Waals surface area contributed by atoms with Crippen molar-refractivity contribution in [2.45, 2.75) is 26.2 Å². The molecular formula is C16H19NO4. The molecule has 0 aromatic heterocycles. The lowest BCUT2D eigenvalue weighted by atomic mass is 10.1. The van der Waals surface area contributed by atoms with Crippen molar-refractivity contribution >= 4 is 12.0 Å². The van der Waals surface area contributed by atoms with Crippen molar-refractivity contribution in [2.75, 3.05) is 13.7 Å². The Morgan fingerprint density at radius 3 is 2.71 bits per heavy atom. The molecule has 1 aromatic rings. The average Bonchev–Trinajstić information content (AvgIpc) is 2.49. The number of unbranched alkanes of at least 4 members (excludes halogenated alkanes) is 2. The number of methoxy groups -OCH3 is 1. The summed E-state index contributed by atoms with van der Waals surface area (Å²) < 4.78 is 10.9. The molecule has 0 aliphatic rings. The Labute approximate surface area is 124 Å². The van der Waals surface area contributed by atoms with Crippen LogP contribution in [0.25, 0.3) is 6.08 Å². The Balaban J connectivity index is 2.88. The first kappa shape index (κ1) is 16.6. The van der Waals surface area contributed by atoms with Gasteiger partial charge >= 0.3 is 5.97 Å². The van der Waals surface area contributed by atoms with Gasteiger partial charge in [-0.1, -0.05) is 25.8 Å². The lowest BCUT2D eigenvalue weighted by Gasteiger charge is -2.11. The molecule has 0 atom stereocenters. The van der Waals surface area contributed by atoms with E-state index in [1.807, 2.05) is 0 Å². The predicted octanol–water partition coefficient (Wildman–Crippen LogP) is 3.26. The first-order valence-corrected chi connectivity index (χ1v) is 6.78. The summed E-state index contributed by atoms with van der Waals surface area (Å²) in [7, 11) is 1.52. The second-order valence-electron chi connectivity index (χ2n) is 4.44. The zero-order valence-corrected chi connectivity index (χ0v) is 12.3. The van der Waals surface area contributed by atoms with Crippen molar-refractivity contribution in [3.05, 3.63) is 29.3 Å². The minimum atomic E-state index is -1.25. The molecule has 0 fully saturated rings. The van der Waals surface area contributed by atoms with Crippen molar-refractivity contribution in [2.24, 2.45) is 0 Å². The molecule has 1 rings (SSSR count). The highest BCUT2D eigenvalue weighted by atomic mass is 16.5. The van der Waals surface area contributed by atoms with E-state index in [2.05, 4.69) is 6.92 Å². The molecule has 0 spiro atoms. The van der Waals surface area contributed by atoms with Crippen molar-refractivity contribution in [1.82, 2.24) is 0 Å². The van der Waals surface area contributed by atoms with Crippen LogP contribution in [0.4, 0.5) is 0 Å². The monoisotopic (exact) mass is 289 g/mol. The molecule has 112 valence electrons. The van der Waals surface area contributed by atoms with E-state index in [1.54, 1.807) is 24.3 Å². The topological polar surface area (TPSA) is 79.5 Å². The minimum absolute atomic E-state index is 0.325. The number of nitrogens with zero attached hydrogens (tertiary/aromatic N) is 1. The van der Waals surface area contributed by atoms with Gasteiger partial charge in [0.05, 0.1) is 13.7 Å². The lowest BCUT2D eigenvalue weighted by molar-refractivity contribution is -0.132. The van der Waals surface area contributed by atoms with Gasteiger partial charge in [0.25, 0.3) is 0 Å².